The van der Waals surface area contributed by atoms with Crippen LogP contribution in [0.5, 0.6) is 0 Å². The van der Waals surface area contributed by atoms with Crippen molar-refractivity contribution < 1.29 is 14.7 Å². The van der Waals surface area contributed by atoms with Crippen molar-refractivity contribution in [3.8, 4) is 0 Å². The van der Waals surface area contributed by atoms with Crippen LogP contribution in [-0.4, -0.2) is 29.6 Å². The molecular weight excluding hydrogens is 312 g/mol. The summed E-state index contributed by atoms with van der Waals surface area (Å²) in [6.07, 6.45) is 1.81. The van der Waals surface area contributed by atoms with Gasteiger partial charge in [-0.3, -0.25) is 4.79 Å². The first-order valence-corrected chi connectivity index (χ1v) is 6.83. The lowest BCUT2D eigenvalue weighted by atomic mass is 10.1. The van der Waals surface area contributed by atoms with E-state index in [0.29, 0.717) is 24.9 Å². The predicted octanol–water partition coefficient (Wildman–Crippen LogP) is 1.76. The van der Waals surface area contributed by atoms with E-state index >= 15 is 0 Å². The molecule has 4 N–H and O–H groups in total. The second kappa shape index (κ2) is 7.91. The molecule has 104 valence electrons. The van der Waals surface area contributed by atoms with Gasteiger partial charge in [-0.2, -0.15) is 0 Å². The van der Waals surface area contributed by atoms with Crippen LogP contribution in [0.1, 0.15) is 29.6 Å². The molecule has 0 saturated heterocycles. The van der Waals surface area contributed by atoms with Crippen LogP contribution in [0, 0.1) is 0 Å². The van der Waals surface area contributed by atoms with Gasteiger partial charge in [0.15, 0.2) is 0 Å². The van der Waals surface area contributed by atoms with E-state index in [2.05, 4.69) is 21.2 Å². The molecule has 0 aromatic heterocycles. The topological polar surface area (TPSA) is 92.4 Å². The average Bonchev–Trinajstić information content (AvgIpc) is 2.38. The molecule has 19 heavy (non-hydrogen) atoms. The van der Waals surface area contributed by atoms with Gasteiger partial charge in [0, 0.05) is 10.0 Å². The fraction of sp³-hybridized carbons (Fsp3) is 0.385. The summed E-state index contributed by atoms with van der Waals surface area (Å²) in [7, 11) is 0. The summed E-state index contributed by atoms with van der Waals surface area (Å²) in [6, 6.07) is 5.87. The maximum absolute atomic E-state index is 11.9. The summed E-state index contributed by atoms with van der Waals surface area (Å²) in [5.74, 6) is -1.41. The number of benzene rings is 1. The average molecular weight is 329 g/mol. The maximum Gasteiger partial charge on any atom is 0.326 e. The summed E-state index contributed by atoms with van der Waals surface area (Å²) >= 11 is 3.27. The SMILES string of the molecule is NCCCC[C@H](NC(=O)c1ccc(Br)cc1)C(=O)O. The Bertz CT molecular complexity index is 434. The third-order valence-electron chi connectivity index (χ3n) is 2.66. The Morgan fingerprint density at radius 3 is 2.42 bits per heavy atom. The van der Waals surface area contributed by atoms with E-state index in [1.54, 1.807) is 24.3 Å². The minimum atomic E-state index is -1.03. The zero-order chi connectivity index (χ0) is 14.3. The van der Waals surface area contributed by atoms with Gasteiger partial charge in [0.05, 0.1) is 0 Å². The number of nitrogens with one attached hydrogen (secondary N) is 1. The Morgan fingerprint density at radius 1 is 1.26 bits per heavy atom. The quantitative estimate of drug-likeness (QED) is 0.665. The number of hydrogen-bond donors (Lipinski definition) is 3. The number of carboxylic acid groups (broad SMARTS) is 1. The Kier molecular flexibility index (Phi) is 6.52. The molecule has 0 aliphatic heterocycles. The van der Waals surface area contributed by atoms with E-state index in [1.165, 1.54) is 0 Å². The summed E-state index contributed by atoms with van der Waals surface area (Å²) in [6.45, 7) is 0.521. The summed E-state index contributed by atoms with van der Waals surface area (Å²) in [4.78, 5) is 23.0. The Hall–Kier alpha value is -1.40. The van der Waals surface area contributed by atoms with Crippen LogP contribution in [0.3, 0.4) is 0 Å². The number of unbranched alkanes of at least 4 members (excludes halogenated alkanes) is 1. The van der Waals surface area contributed by atoms with Crippen molar-refractivity contribution in [1.82, 2.24) is 5.32 Å². The third kappa shape index (κ3) is 5.40. The minimum absolute atomic E-state index is 0.382. The monoisotopic (exact) mass is 328 g/mol. The number of hydrogen-bond acceptors (Lipinski definition) is 3. The van der Waals surface area contributed by atoms with Crippen LogP contribution in [0.2, 0.25) is 0 Å². The highest BCUT2D eigenvalue weighted by Gasteiger charge is 2.19. The summed E-state index contributed by atoms with van der Waals surface area (Å²) in [5, 5.41) is 11.6. The standard InChI is InChI=1S/C13H17BrN2O3/c14-10-6-4-9(5-7-10)12(17)16-11(13(18)19)3-1-2-8-15/h4-7,11H,1-3,8,15H2,(H,16,17)(H,18,19)/t11-/m0/s1. The highest BCUT2D eigenvalue weighted by Crippen LogP contribution is 2.11. The second-order valence-corrected chi connectivity index (χ2v) is 5.07. The lowest BCUT2D eigenvalue weighted by molar-refractivity contribution is -0.139. The van der Waals surface area contributed by atoms with Crippen LogP contribution in [0.25, 0.3) is 0 Å². The first-order valence-electron chi connectivity index (χ1n) is 6.04. The molecule has 0 radical (unpaired) electrons. The largest absolute Gasteiger partial charge is 0.480 e. The lowest BCUT2D eigenvalue weighted by Crippen LogP contribution is -2.40. The molecule has 0 aliphatic rings. The smallest absolute Gasteiger partial charge is 0.326 e. The van der Waals surface area contributed by atoms with Crippen LogP contribution < -0.4 is 11.1 Å². The molecule has 0 bridgehead atoms. The van der Waals surface area contributed by atoms with Gasteiger partial charge in [0.1, 0.15) is 6.04 Å². The number of carbonyl (C=O) groups excluding carboxylic acids is 1. The number of amides is 1. The number of rotatable bonds is 7. The summed E-state index contributed by atoms with van der Waals surface area (Å²) in [5.41, 5.74) is 5.80. The number of carbonyl (C=O) groups is 2. The van der Waals surface area contributed by atoms with Gasteiger partial charge in [0.2, 0.25) is 0 Å². The number of nitrogens with two attached hydrogens (primary N) is 1. The van der Waals surface area contributed by atoms with Crippen LogP contribution >= 0.6 is 15.9 Å². The minimum Gasteiger partial charge on any atom is -0.480 e. The van der Waals surface area contributed by atoms with Crippen molar-refractivity contribution in [2.45, 2.75) is 25.3 Å². The van der Waals surface area contributed by atoms with E-state index in [9.17, 15) is 9.59 Å². The third-order valence-corrected chi connectivity index (χ3v) is 3.19. The Labute approximate surface area is 120 Å². The first kappa shape index (κ1) is 15.7. The molecule has 1 rings (SSSR count). The summed E-state index contributed by atoms with van der Waals surface area (Å²) < 4.78 is 0.863. The van der Waals surface area contributed by atoms with Gasteiger partial charge in [-0.25, -0.2) is 4.79 Å². The van der Waals surface area contributed by atoms with Gasteiger partial charge in [0.25, 0.3) is 5.91 Å². The van der Waals surface area contributed by atoms with Crippen LogP contribution in [0.4, 0.5) is 0 Å². The second-order valence-electron chi connectivity index (χ2n) is 4.16. The molecule has 0 saturated carbocycles. The number of carboxylic acids is 1. The maximum atomic E-state index is 11.9. The Morgan fingerprint density at radius 2 is 1.89 bits per heavy atom. The number of halogens is 1. The van der Waals surface area contributed by atoms with E-state index in [4.69, 9.17) is 10.8 Å². The molecule has 6 heteroatoms. The lowest BCUT2D eigenvalue weighted by Gasteiger charge is -2.14. The van der Waals surface area contributed by atoms with Crippen molar-refractivity contribution >= 4 is 27.8 Å². The van der Waals surface area contributed by atoms with Gasteiger partial charge in [-0.1, -0.05) is 15.9 Å². The van der Waals surface area contributed by atoms with Crippen molar-refractivity contribution in [3.63, 3.8) is 0 Å². The number of aliphatic carboxylic acids is 1. The van der Waals surface area contributed by atoms with E-state index in [0.717, 1.165) is 10.9 Å². The molecular formula is C13H17BrN2O3. The normalized spacial score (nSPS) is 11.9. The van der Waals surface area contributed by atoms with Gasteiger partial charge < -0.3 is 16.2 Å². The molecule has 5 nitrogen and oxygen atoms in total. The molecule has 0 fully saturated rings. The van der Waals surface area contributed by atoms with Gasteiger partial charge in [-0.15, -0.1) is 0 Å². The molecule has 0 aliphatic carbocycles. The molecule has 0 heterocycles. The fourth-order valence-electron chi connectivity index (χ4n) is 1.59. The van der Waals surface area contributed by atoms with Crippen molar-refractivity contribution in [2.75, 3.05) is 6.54 Å². The molecule has 0 spiro atoms. The fourth-order valence-corrected chi connectivity index (χ4v) is 1.86. The van der Waals surface area contributed by atoms with Crippen molar-refractivity contribution in [2.24, 2.45) is 5.73 Å². The molecule has 1 aromatic carbocycles. The highest BCUT2D eigenvalue weighted by molar-refractivity contribution is 9.10. The van der Waals surface area contributed by atoms with E-state index in [-0.39, 0.29) is 5.91 Å². The van der Waals surface area contributed by atoms with E-state index < -0.39 is 12.0 Å². The molecule has 1 atom stereocenters. The van der Waals surface area contributed by atoms with Crippen LogP contribution in [-0.2, 0) is 4.79 Å². The predicted molar refractivity (Wildman–Crippen MR) is 75.9 cm³/mol. The highest BCUT2D eigenvalue weighted by atomic mass is 79.9. The van der Waals surface area contributed by atoms with Crippen LogP contribution in [0.15, 0.2) is 28.7 Å². The van der Waals surface area contributed by atoms with Gasteiger partial charge >= 0.3 is 5.97 Å². The molecule has 0 unspecified atom stereocenters. The van der Waals surface area contributed by atoms with E-state index in [1.807, 2.05) is 0 Å². The first-order chi connectivity index (χ1) is 9.04. The molecule has 1 aromatic rings. The van der Waals surface area contributed by atoms with Crippen molar-refractivity contribution in [1.29, 1.82) is 0 Å². The zero-order valence-corrected chi connectivity index (χ0v) is 12.0. The molecule has 1 amide bonds. The zero-order valence-electron chi connectivity index (χ0n) is 10.4. The Balaban J connectivity index is 2.60. The van der Waals surface area contributed by atoms with Crippen molar-refractivity contribution in [3.05, 3.63) is 34.3 Å². The van der Waals surface area contributed by atoms with Gasteiger partial charge in [-0.05, 0) is 50.1 Å².